The van der Waals surface area contributed by atoms with E-state index in [4.69, 9.17) is 0 Å². The van der Waals surface area contributed by atoms with E-state index in [1.54, 1.807) is 42.5 Å². The van der Waals surface area contributed by atoms with Crippen LogP contribution in [0.1, 0.15) is 5.56 Å². The number of non-ortho nitro benzene ring substituents is 1. The third-order valence-electron chi connectivity index (χ3n) is 3.91. The maximum absolute atomic E-state index is 12.2. The van der Waals surface area contributed by atoms with Crippen molar-refractivity contribution in [3.05, 3.63) is 69.0 Å². The number of hydrogen-bond donors (Lipinski definition) is 0. The zero-order valence-corrected chi connectivity index (χ0v) is 12.1. The van der Waals surface area contributed by atoms with Crippen LogP contribution in [0.4, 0.5) is 5.69 Å². The predicted octanol–water partition coefficient (Wildman–Crippen LogP) is 2.54. The van der Waals surface area contributed by atoms with Crippen molar-refractivity contribution in [1.82, 2.24) is 14.5 Å². The van der Waals surface area contributed by atoms with Crippen molar-refractivity contribution in [3.63, 3.8) is 0 Å². The molecule has 0 spiro atoms. The van der Waals surface area contributed by atoms with Gasteiger partial charge in [0, 0.05) is 30.1 Å². The molecule has 4 aromatic rings. The number of aromatic nitrogens is 3. The van der Waals surface area contributed by atoms with Gasteiger partial charge in [0.25, 0.3) is 5.69 Å². The largest absolute Gasteiger partial charge is 0.304 e. The van der Waals surface area contributed by atoms with E-state index in [9.17, 15) is 14.9 Å². The Bertz CT molecular complexity index is 1070. The molecule has 0 fully saturated rings. The van der Waals surface area contributed by atoms with Crippen molar-refractivity contribution in [2.24, 2.45) is 0 Å². The monoisotopic (exact) mass is 306 g/mol. The highest BCUT2D eigenvalue weighted by molar-refractivity contribution is 6.11. The molecule has 0 saturated carbocycles. The quantitative estimate of drug-likeness (QED) is 0.428. The molecule has 0 atom stereocenters. The second-order valence-corrected chi connectivity index (χ2v) is 5.30. The number of pyridine rings is 1. The van der Waals surface area contributed by atoms with E-state index in [0.717, 1.165) is 5.56 Å². The molecular formula is C16H10N4O3. The fraction of sp³-hybridized carbons (Fsp3) is 0.0625. The van der Waals surface area contributed by atoms with Crippen molar-refractivity contribution >= 4 is 16.5 Å². The molecule has 2 aromatic heterocycles. The number of imidazole rings is 1. The van der Waals surface area contributed by atoms with E-state index in [1.165, 1.54) is 12.1 Å². The smallest absolute Gasteiger partial charge is 0.269 e. The Morgan fingerprint density at radius 2 is 2.09 bits per heavy atom. The van der Waals surface area contributed by atoms with Gasteiger partial charge in [0.1, 0.15) is 0 Å². The SMILES string of the molecule is Cc1cc([N+](=O)[O-])ccc1-c1ncc(-n2ccnc2)c2c(=O)c12. The van der Waals surface area contributed by atoms with Crippen LogP contribution in [-0.2, 0) is 0 Å². The highest BCUT2D eigenvalue weighted by Crippen LogP contribution is 2.34. The molecule has 7 nitrogen and oxygen atoms in total. The van der Waals surface area contributed by atoms with Gasteiger partial charge in [-0.25, -0.2) is 4.98 Å². The van der Waals surface area contributed by atoms with Crippen LogP contribution < -0.4 is 5.43 Å². The number of rotatable bonds is 3. The van der Waals surface area contributed by atoms with Gasteiger partial charge in [-0.15, -0.1) is 0 Å². The van der Waals surface area contributed by atoms with Gasteiger partial charge < -0.3 is 4.57 Å². The van der Waals surface area contributed by atoms with Gasteiger partial charge >= 0.3 is 0 Å². The molecule has 0 unspecified atom stereocenters. The lowest BCUT2D eigenvalue weighted by atomic mass is 10.0. The van der Waals surface area contributed by atoms with Crippen molar-refractivity contribution in [2.45, 2.75) is 6.92 Å². The Kier molecular flexibility index (Phi) is 2.65. The molecule has 0 aliphatic carbocycles. The third kappa shape index (κ3) is 1.94. The van der Waals surface area contributed by atoms with Crippen molar-refractivity contribution in [2.75, 3.05) is 0 Å². The molecule has 23 heavy (non-hydrogen) atoms. The van der Waals surface area contributed by atoms with E-state index in [0.29, 0.717) is 27.7 Å². The maximum atomic E-state index is 12.2. The molecule has 0 aliphatic rings. The standard InChI is InChI=1S/C16H10N4O3/c1-9-6-10(20(22)23)2-3-11(9)15-14-13(16(14)21)12(7-18-15)19-5-4-17-8-19/h2-8H,1H3. The average molecular weight is 306 g/mol. The maximum Gasteiger partial charge on any atom is 0.269 e. The summed E-state index contributed by atoms with van der Waals surface area (Å²) in [5, 5.41) is 12.0. The molecule has 0 N–H and O–H groups in total. The Morgan fingerprint density at radius 3 is 2.74 bits per heavy atom. The molecule has 112 valence electrons. The van der Waals surface area contributed by atoms with Gasteiger partial charge in [0.15, 0.2) is 5.43 Å². The van der Waals surface area contributed by atoms with E-state index >= 15 is 0 Å². The highest BCUT2D eigenvalue weighted by Gasteiger charge is 2.25. The number of fused-ring (bicyclic) bond motifs is 1. The second kappa shape index (κ2) is 4.57. The molecule has 0 aliphatic heterocycles. The summed E-state index contributed by atoms with van der Waals surface area (Å²) < 4.78 is 1.74. The van der Waals surface area contributed by atoms with Gasteiger partial charge in [0.2, 0.25) is 0 Å². The summed E-state index contributed by atoms with van der Waals surface area (Å²) in [5.41, 5.74) is 2.69. The van der Waals surface area contributed by atoms with Crippen molar-refractivity contribution in [1.29, 1.82) is 0 Å². The summed E-state index contributed by atoms with van der Waals surface area (Å²) in [5.74, 6) is 0. The van der Waals surface area contributed by atoms with Crippen LogP contribution in [0.15, 0.2) is 47.9 Å². The van der Waals surface area contributed by atoms with Crippen LogP contribution in [0.2, 0.25) is 0 Å². The second-order valence-electron chi connectivity index (χ2n) is 5.30. The number of nitro groups is 1. The van der Waals surface area contributed by atoms with Crippen LogP contribution in [-0.4, -0.2) is 19.5 Å². The first-order valence-corrected chi connectivity index (χ1v) is 6.89. The summed E-state index contributed by atoms with van der Waals surface area (Å²) >= 11 is 0. The van der Waals surface area contributed by atoms with Gasteiger partial charge in [-0.2, -0.15) is 0 Å². The normalized spacial score (nSPS) is 11.3. The first-order valence-electron chi connectivity index (χ1n) is 6.89. The molecule has 0 radical (unpaired) electrons. The fourth-order valence-corrected chi connectivity index (χ4v) is 2.72. The number of hydrogen-bond acceptors (Lipinski definition) is 5. The summed E-state index contributed by atoms with van der Waals surface area (Å²) in [6.07, 6.45) is 6.62. The lowest BCUT2D eigenvalue weighted by Gasteiger charge is -2.05. The van der Waals surface area contributed by atoms with Crippen LogP contribution in [0.5, 0.6) is 0 Å². The lowest BCUT2D eigenvalue weighted by molar-refractivity contribution is -0.384. The number of nitrogens with zero attached hydrogens (tertiary/aromatic N) is 4. The molecule has 2 heterocycles. The van der Waals surface area contributed by atoms with Gasteiger partial charge in [0.05, 0.1) is 39.6 Å². The predicted molar refractivity (Wildman–Crippen MR) is 84.3 cm³/mol. The number of benzene rings is 1. The van der Waals surface area contributed by atoms with Crippen molar-refractivity contribution < 1.29 is 4.92 Å². The molecule has 2 aromatic carbocycles. The first kappa shape index (κ1) is 13.3. The molecule has 0 bridgehead atoms. The van der Waals surface area contributed by atoms with Gasteiger partial charge in [-0.3, -0.25) is 19.9 Å². The summed E-state index contributed by atoms with van der Waals surface area (Å²) in [6, 6.07) is 4.55. The number of nitro benzene ring substituents is 1. The van der Waals surface area contributed by atoms with Gasteiger partial charge in [-0.05, 0) is 18.6 Å². The average Bonchev–Trinajstić information content (AvgIpc) is 2.99. The third-order valence-corrected chi connectivity index (χ3v) is 3.91. The zero-order chi connectivity index (χ0) is 16.1. The van der Waals surface area contributed by atoms with Crippen LogP contribution in [0.3, 0.4) is 0 Å². The fourth-order valence-electron chi connectivity index (χ4n) is 2.72. The molecule has 0 amide bonds. The Balaban J connectivity index is 1.87. The minimum atomic E-state index is -0.441. The van der Waals surface area contributed by atoms with E-state index in [1.807, 2.05) is 0 Å². The Hall–Kier alpha value is -3.35. The zero-order valence-electron chi connectivity index (χ0n) is 12.1. The molecule has 0 saturated heterocycles. The Morgan fingerprint density at radius 1 is 1.26 bits per heavy atom. The molecule has 4 rings (SSSR count). The molecule has 7 heteroatoms. The Labute approximate surface area is 129 Å². The first-order chi connectivity index (χ1) is 11.1. The van der Waals surface area contributed by atoms with Crippen LogP contribution in [0, 0.1) is 17.0 Å². The number of aryl methyl sites for hydroxylation is 1. The summed E-state index contributed by atoms with van der Waals surface area (Å²) in [4.78, 5) is 30.9. The topological polar surface area (TPSA) is 90.9 Å². The molecular weight excluding hydrogens is 296 g/mol. The summed E-state index contributed by atoms with van der Waals surface area (Å²) in [6.45, 7) is 1.77. The van der Waals surface area contributed by atoms with E-state index < -0.39 is 4.92 Å². The minimum Gasteiger partial charge on any atom is -0.304 e. The van der Waals surface area contributed by atoms with E-state index in [2.05, 4.69) is 9.97 Å². The van der Waals surface area contributed by atoms with E-state index in [-0.39, 0.29) is 11.1 Å². The van der Waals surface area contributed by atoms with Gasteiger partial charge in [-0.1, -0.05) is 0 Å². The highest BCUT2D eigenvalue weighted by atomic mass is 16.6. The van der Waals surface area contributed by atoms with Crippen LogP contribution >= 0.6 is 0 Å². The summed E-state index contributed by atoms with van der Waals surface area (Å²) in [7, 11) is 0. The van der Waals surface area contributed by atoms with Crippen molar-refractivity contribution in [3.8, 4) is 16.9 Å². The van der Waals surface area contributed by atoms with Crippen LogP contribution in [0.25, 0.3) is 27.7 Å². The lowest BCUT2D eigenvalue weighted by Crippen LogP contribution is -1.93. The minimum absolute atomic E-state index is 0.0219.